The molecule has 0 atom stereocenters. The van der Waals surface area contributed by atoms with Gasteiger partial charge in [-0.25, -0.2) is 0 Å². The van der Waals surface area contributed by atoms with Gasteiger partial charge < -0.3 is 15.5 Å². The second kappa shape index (κ2) is 12.8. The summed E-state index contributed by atoms with van der Waals surface area (Å²) < 4.78 is 1.81. The largest absolute Gasteiger partial charge is 0.350 e. The number of pyridine rings is 1. The molecule has 0 bridgehead atoms. The van der Waals surface area contributed by atoms with Crippen molar-refractivity contribution in [3.63, 3.8) is 0 Å². The highest BCUT2D eigenvalue weighted by Gasteiger charge is 2.22. The molecule has 8 nitrogen and oxygen atoms in total. The zero-order valence-electron chi connectivity index (χ0n) is 21.6. The van der Waals surface area contributed by atoms with Gasteiger partial charge in [-0.3, -0.25) is 19.3 Å². The zero-order chi connectivity index (χ0) is 26.2. The Morgan fingerprint density at radius 1 is 1.03 bits per heavy atom. The maximum Gasteiger partial charge on any atom is 0.258 e. The molecule has 0 aliphatic carbocycles. The number of nitrogens with zero attached hydrogens (tertiary/aromatic N) is 4. The lowest BCUT2D eigenvalue weighted by Crippen LogP contribution is -2.34. The molecule has 0 spiro atoms. The molecule has 37 heavy (non-hydrogen) atoms. The molecular weight excluding hydrogens is 488 g/mol. The number of hydrogen-bond acceptors (Lipinski definition) is 5. The van der Waals surface area contributed by atoms with Crippen LogP contribution < -0.4 is 15.5 Å². The molecule has 2 aromatic heterocycles. The van der Waals surface area contributed by atoms with Gasteiger partial charge in [-0.1, -0.05) is 30.9 Å². The van der Waals surface area contributed by atoms with Crippen LogP contribution in [0.3, 0.4) is 0 Å². The molecule has 4 rings (SSSR count). The minimum atomic E-state index is -0.159. The molecule has 0 saturated heterocycles. The quantitative estimate of drug-likeness (QED) is 0.507. The van der Waals surface area contributed by atoms with Crippen LogP contribution in [-0.2, 0) is 13.1 Å². The topological polar surface area (TPSA) is 92.2 Å². The molecule has 0 unspecified atom stereocenters. The average molecular weight is 523 g/mol. The molecule has 1 aliphatic heterocycles. The fraction of sp³-hybridized carbons (Fsp3) is 0.429. The minimum absolute atomic E-state index is 0.0542. The molecule has 1 aliphatic rings. The summed E-state index contributed by atoms with van der Waals surface area (Å²) in [5.74, 6) is -0.213. The van der Waals surface area contributed by atoms with Crippen LogP contribution in [0.25, 0.3) is 0 Å². The number of halogens is 1. The Hall–Kier alpha value is -3.23. The third kappa shape index (κ3) is 6.76. The summed E-state index contributed by atoms with van der Waals surface area (Å²) in [5, 5.41) is 11.6. The number of rotatable bonds is 5. The van der Waals surface area contributed by atoms with Crippen molar-refractivity contribution in [2.45, 2.75) is 59.0 Å². The number of nitrogens with one attached hydrogen (secondary N) is 2. The Morgan fingerprint density at radius 3 is 2.54 bits per heavy atom. The Morgan fingerprint density at radius 2 is 1.78 bits per heavy atom. The second-order valence-electron chi connectivity index (χ2n) is 9.44. The van der Waals surface area contributed by atoms with Crippen LogP contribution in [0, 0.1) is 13.8 Å². The number of hydrogen-bond donors (Lipinski definition) is 2. The molecule has 2 amide bonds. The van der Waals surface area contributed by atoms with E-state index in [2.05, 4.69) is 20.7 Å². The van der Waals surface area contributed by atoms with E-state index in [4.69, 9.17) is 11.6 Å². The molecular formula is C28H35ClN6O2. The molecule has 3 aromatic rings. The first-order chi connectivity index (χ1) is 18.0. The number of carbonyl (C=O) groups is 2. The summed E-state index contributed by atoms with van der Waals surface area (Å²) in [6, 6.07) is 9.09. The number of amides is 2. The van der Waals surface area contributed by atoms with Gasteiger partial charge in [0.2, 0.25) is 0 Å². The Kier molecular flexibility index (Phi) is 9.30. The number of aromatic nitrogens is 3. The van der Waals surface area contributed by atoms with Crippen LogP contribution in [0.15, 0.2) is 42.7 Å². The minimum Gasteiger partial charge on any atom is -0.350 e. The average Bonchev–Trinajstić information content (AvgIpc) is 3.15. The van der Waals surface area contributed by atoms with Gasteiger partial charge in [0.15, 0.2) is 0 Å². The summed E-state index contributed by atoms with van der Waals surface area (Å²) in [6.07, 6.45) is 8.74. The van der Waals surface area contributed by atoms with Crippen LogP contribution in [0.2, 0.25) is 5.02 Å². The van der Waals surface area contributed by atoms with E-state index in [0.29, 0.717) is 42.3 Å². The van der Waals surface area contributed by atoms with Crippen molar-refractivity contribution in [2.24, 2.45) is 0 Å². The molecule has 0 fully saturated rings. The Bertz CT molecular complexity index is 1230. The summed E-state index contributed by atoms with van der Waals surface area (Å²) in [4.78, 5) is 32.4. The first kappa shape index (κ1) is 26.8. The standard InChI is InChI=1S/C28H35ClN6O2/c1-20-26(29)21(2)35(33-20)17-15-32-27(36)23-8-9-25-24(18-23)19-31-12-6-4-3-5-7-16-34(25)28(37)22-10-13-30-14-11-22/h8-11,13-14,18,31H,3-7,12,15-17,19H2,1-2H3,(H,32,36). The summed E-state index contributed by atoms with van der Waals surface area (Å²) in [6.45, 7) is 6.86. The van der Waals surface area contributed by atoms with Gasteiger partial charge >= 0.3 is 0 Å². The summed E-state index contributed by atoms with van der Waals surface area (Å²) >= 11 is 6.23. The van der Waals surface area contributed by atoms with Crippen molar-refractivity contribution in [2.75, 3.05) is 24.5 Å². The molecule has 0 radical (unpaired) electrons. The van der Waals surface area contributed by atoms with Crippen molar-refractivity contribution in [3.05, 3.63) is 75.8 Å². The summed E-state index contributed by atoms with van der Waals surface area (Å²) in [7, 11) is 0. The van der Waals surface area contributed by atoms with Crippen LogP contribution >= 0.6 is 11.6 Å². The number of benzene rings is 1. The summed E-state index contributed by atoms with van der Waals surface area (Å²) in [5.41, 5.74) is 4.61. The fourth-order valence-electron chi connectivity index (χ4n) is 4.66. The van der Waals surface area contributed by atoms with Crippen LogP contribution in [-0.4, -0.2) is 46.2 Å². The van der Waals surface area contributed by atoms with E-state index in [1.54, 1.807) is 30.6 Å². The molecule has 2 N–H and O–H groups in total. The third-order valence-corrected chi connectivity index (χ3v) is 7.30. The lowest BCUT2D eigenvalue weighted by molar-refractivity contribution is 0.0950. The predicted octanol–water partition coefficient (Wildman–Crippen LogP) is 4.68. The maximum absolute atomic E-state index is 13.5. The van der Waals surface area contributed by atoms with Crippen molar-refractivity contribution >= 4 is 29.1 Å². The Labute approximate surface area is 223 Å². The Balaban J connectivity index is 1.54. The highest BCUT2D eigenvalue weighted by Crippen LogP contribution is 2.26. The van der Waals surface area contributed by atoms with E-state index in [1.165, 1.54) is 6.42 Å². The highest BCUT2D eigenvalue weighted by molar-refractivity contribution is 6.31. The van der Waals surface area contributed by atoms with Gasteiger partial charge in [0.1, 0.15) is 0 Å². The monoisotopic (exact) mass is 522 g/mol. The van der Waals surface area contributed by atoms with Gasteiger partial charge in [0.05, 0.1) is 23.0 Å². The zero-order valence-corrected chi connectivity index (χ0v) is 22.4. The maximum atomic E-state index is 13.5. The van der Waals surface area contributed by atoms with Crippen molar-refractivity contribution in [3.8, 4) is 0 Å². The van der Waals surface area contributed by atoms with Crippen molar-refractivity contribution in [1.29, 1.82) is 0 Å². The molecule has 3 heterocycles. The normalized spacial score (nSPS) is 14.8. The van der Waals surface area contributed by atoms with Crippen LogP contribution in [0.4, 0.5) is 5.69 Å². The highest BCUT2D eigenvalue weighted by atomic mass is 35.5. The van der Waals surface area contributed by atoms with Crippen molar-refractivity contribution < 1.29 is 9.59 Å². The first-order valence-corrected chi connectivity index (χ1v) is 13.4. The van der Waals surface area contributed by atoms with Crippen LogP contribution in [0.1, 0.15) is 69.8 Å². The van der Waals surface area contributed by atoms with E-state index in [1.807, 2.05) is 35.6 Å². The lowest BCUT2D eigenvalue weighted by atomic mass is 10.0. The first-order valence-electron chi connectivity index (χ1n) is 13.0. The van der Waals surface area contributed by atoms with Gasteiger partial charge in [-0.05, 0) is 69.1 Å². The van der Waals surface area contributed by atoms with Gasteiger partial charge in [0, 0.05) is 48.8 Å². The van der Waals surface area contributed by atoms with Gasteiger partial charge in [-0.15, -0.1) is 0 Å². The second-order valence-corrected chi connectivity index (χ2v) is 9.82. The van der Waals surface area contributed by atoms with E-state index >= 15 is 0 Å². The fourth-order valence-corrected chi connectivity index (χ4v) is 4.79. The molecule has 1 aromatic carbocycles. The molecule has 9 heteroatoms. The van der Waals surface area contributed by atoms with E-state index in [0.717, 1.165) is 54.9 Å². The third-order valence-electron chi connectivity index (χ3n) is 6.76. The van der Waals surface area contributed by atoms with E-state index < -0.39 is 0 Å². The predicted molar refractivity (Wildman–Crippen MR) is 146 cm³/mol. The lowest BCUT2D eigenvalue weighted by Gasteiger charge is -2.27. The van der Waals surface area contributed by atoms with Gasteiger partial charge in [0.25, 0.3) is 11.8 Å². The molecule has 0 saturated carbocycles. The number of fused-ring (bicyclic) bond motifs is 1. The molecule has 196 valence electrons. The van der Waals surface area contributed by atoms with Crippen LogP contribution in [0.5, 0.6) is 0 Å². The SMILES string of the molecule is Cc1nn(CCNC(=O)c2ccc3c(c2)CNCCCCCCCN3C(=O)c2ccncc2)c(C)c1Cl. The number of aryl methyl sites for hydroxylation is 1. The van der Waals surface area contributed by atoms with E-state index in [9.17, 15) is 9.59 Å². The smallest absolute Gasteiger partial charge is 0.258 e. The number of carbonyl (C=O) groups excluding carboxylic acids is 2. The number of anilines is 1. The van der Waals surface area contributed by atoms with E-state index in [-0.39, 0.29) is 11.8 Å². The van der Waals surface area contributed by atoms with Gasteiger partial charge in [-0.2, -0.15) is 5.10 Å². The van der Waals surface area contributed by atoms with Crippen molar-refractivity contribution in [1.82, 2.24) is 25.4 Å².